The monoisotopic (exact) mass is 335 g/mol. The van der Waals surface area contributed by atoms with Crippen LogP contribution in [0.3, 0.4) is 0 Å². The molecule has 7 heteroatoms. The Morgan fingerprint density at radius 2 is 1.67 bits per heavy atom. The van der Waals surface area contributed by atoms with Crippen LogP contribution >= 0.6 is 11.8 Å². The first-order valence-corrected chi connectivity index (χ1v) is 8.40. The van der Waals surface area contributed by atoms with Crippen LogP contribution in [-0.2, 0) is 5.88 Å². The molecule has 0 unspecified atom stereocenters. The summed E-state index contributed by atoms with van der Waals surface area (Å²) < 4.78 is 1.36. The number of hydrogen-bond acceptors (Lipinski definition) is 6. The first kappa shape index (κ1) is 14.8. The van der Waals surface area contributed by atoms with Gasteiger partial charge < -0.3 is 0 Å². The molecule has 0 fully saturated rings. The van der Waals surface area contributed by atoms with Gasteiger partial charge in [-0.15, -0.1) is 5.10 Å². The van der Waals surface area contributed by atoms with Crippen molar-refractivity contribution >= 4 is 33.6 Å². The van der Waals surface area contributed by atoms with E-state index in [0.717, 1.165) is 15.9 Å². The van der Waals surface area contributed by atoms with Crippen LogP contribution in [-0.4, -0.2) is 25.0 Å². The van der Waals surface area contributed by atoms with Crippen LogP contribution in [0, 0.1) is 6.92 Å². The van der Waals surface area contributed by atoms with Gasteiger partial charge in [0.25, 0.3) is 5.56 Å². The number of nitrogens with zero attached hydrogens (tertiary/aromatic N) is 5. The molecule has 0 saturated heterocycles. The average Bonchev–Trinajstić information content (AvgIpc) is 2.61. The van der Waals surface area contributed by atoms with Crippen molar-refractivity contribution in [1.82, 2.24) is 25.0 Å². The Morgan fingerprint density at radius 1 is 0.958 bits per heavy atom. The van der Waals surface area contributed by atoms with Crippen molar-refractivity contribution < 1.29 is 0 Å². The van der Waals surface area contributed by atoms with E-state index in [1.807, 2.05) is 43.3 Å². The first-order chi connectivity index (χ1) is 11.7. The molecule has 4 aromatic rings. The number of fused-ring (bicyclic) bond motifs is 2. The SMILES string of the molecule is Cc1nc(SCn2nnc3ccccc3c2=O)c2ccccc2n1. The summed E-state index contributed by atoms with van der Waals surface area (Å²) in [6.07, 6.45) is 0. The van der Waals surface area contributed by atoms with E-state index in [4.69, 9.17) is 0 Å². The van der Waals surface area contributed by atoms with E-state index in [2.05, 4.69) is 20.3 Å². The summed E-state index contributed by atoms with van der Waals surface area (Å²) in [6, 6.07) is 15.0. The second-order valence-corrected chi connectivity index (χ2v) is 6.21. The number of aromatic nitrogens is 5. The second kappa shape index (κ2) is 6.01. The lowest BCUT2D eigenvalue weighted by Gasteiger charge is -2.07. The molecule has 0 aliphatic rings. The van der Waals surface area contributed by atoms with Crippen molar-refractivity contribution in [2.24, 2.45) is 0 Å². The molecule has 4 rings (SSSR count). The van der Waals surface area contributed by atoms with Crippen molar-refractivity contribution in [2.45, 2.75) is 17.8 Å². The van der Waals surface area contributed by atoms with Gasteiger partial charge in [0, 0.05) is 5.39 Å². The summed E-state index contributed by atoms with van der Waals surface area (Å²) in [5.41, 5.74) is 1.35. The van der Waals surface area contributed by atoms with Gasteiger partial charge in [-0.1, -0.05) is 47.3 Å². The molecule has 2 heterocycles. The van der Waals surface area contributed by atoms with Crippen LogP contribution in [0.15, 0.2) is 58.4 Å². The summed E-state index contributed by atoms with van der Waals surface area (Å²) in [5, 5.41) is 10.5. The van der Waals surface area contributed by atoms with Gasteiger partial charge in [-0.25, -0.2) is 9.97 Å². The van der Waals surface area contributed by atoms with Crippen LogP contribution in [0.1, 0.15) is 5.82 Å². The van der Waals surface area contributed by atoms with Gasteiger partial charge in [-0.05, 0) is 25.1 Å². The summed E-state index contributed by atoms with van der Waals surface area (Å²) in [7, 11) is 0. The number of rotatable bonds is 3. The van der Waals surface area contributed by atoms with Crippen molar-refractivity contribution in [1.29, 1.82) is 0 Å². The summed E-state index contributed by atoms with van der Waals surface area (Å²) in [4.78, 5) is 21.4. The molecular weight excluding hydrogens is 322 g/mol. The highest BCUT2D eigenvalue weighted by Gasteiger charge is 2.09. The van der Waals surface area contributed by atoms with Crippen molar-refractivity contribution in [3.05, 3.63) is 64.7 Å². The third-order valence-electron chi connectivity index (χ3n) is 3.63. The number of aryl methyl sites for hydroxylation is 1. The number of hydrogen-bond donors (Lipinski definition) is 0. The Morgan fingerprint density at radius 3 is 2.50 bits per heavy atom. The zero-order chi connectivity index (χ0) is 16.5. The van der Waals surface area contributed by atoms with Gasteiger partial charge in [0.2, 0.25) is 0 Å². The third-order valence-corrected chi connectivity index (χ3v) is 4.59. The molecule has 0 amide bonds. The van der Waals surface area contributed by atoms with E-state index in [1.54, 1.807) is 12.1 Å². The summed E-state index contributed by atoms with van der Waals surface area (Å²) >= 11 is 1.45. The van der Waals surface area contributed by atoms with E-state index in [1.165, 1.54) is 16.4 Å². The molecule has 2 aromatic heterocycles. The Kier molecular flexibility index (Phi) is 3.70. The normalized spacial score (nSPS) is 11.2. The molecule has 0 radical (unpaired) electrons. The number of benzene rings is 2. The fourth-order valence-electron chi connectivity index (χ4n) is 2.50. The molecule has 0 bridgehead atoms. The maximum atomic E-state index is 12.5. The molecule has 0 saturated carbocycles. The molecule has 118 valence electrons. The average molecular weight is 335 g/mol. The zero-order valence-electron chi connectivity index (χ0n) is 12.9. The smallest absolute Gasteiger partial charge is 0.267 e. The van der Waals surface area contributed by atoms with Crippen LogP contribution in [0.25, 0.3) is 21.8 Å². The number of para-hydroxylation sites is 1. The Hall–Kier alpha value is -2.80. The Labute approximate surface area is 141 Å². The Bertz CT molecular complexity index is 1110. The van der Waals surface area contributed by atoms with Crippen LogP contribution < -0.4 is 5.56 Å². The van der Waals surface area contributed by atoms with E-state index in [-0.39, 0.29) is 5.56 Å². The third kappa shape index (κ3) is 2.63. The summed E-state index contributed by atoms with van der Waals surface area (Å²) in [5.74, 6) is 1.05. The molecular formula is C17H13N5OS. The topological polar surface area (TPSA) is 73.6 Å². The van der Waals surface area contributed by atoms with Gasteiger partial charge in [0.1, 0.15) is 16.4 Å². The lowest BCUT2D eigenvalue weighted by Crippen LogP contribution is -2.23. The minimum atomic E-state index is -0.150. The highest BCUT2D eigenvalue weighted by atomic mass is 32.2. The van der Waals surface area contributed by atoms with Gasteiger partial charge in [0.05, 0.1) is 16.8 Å². The fraction of sp³-hybridized carbons (Fsp3) is 0.118. The molecule has 0 aliphatic heterocycles. The predicted molar refractivity (Wildman–Crippen MR) is 93.9 cm³/mol. The van der Waals surface area contributed by atoms with Crippen molar-refractivity contribution in [2.75, 3.05) is 0 Å². The standard InChI is InChI=1S/C17H13N5OS/c1-11-18-14-8-4-2-6-12(14)16(19-11)24-10-22-17(23)13-7-3-5-9-15(13)20-21-22/h2-9H,10H2,1H3. The lowest BCUT2D eigenvalue weighted by molar-refractivity contribution is 0.644. The van der Waals surface area contributed by atoms with E-state index in [9.17, 15) is 4.79 Å². The van der Waals surface area contributed by atoms with Crippen molar-refractivity contribution in [3.8, 4) is 0 Å². The predicted octanol–water partition coefficient (Wildman–Crippen LogP) is 2.79. The molecule has 6 nitrogen and oxygen atoms in total. The van der Waals surface area contributed by atoms with Gasteiger partial charge >= 0.3 is 0 Å². The summed E-state index contributed by atoms with van der Waals surface area (Å²) in [6.45, 7) is 1.86. The molecule has 0 spiro atoms. The van der Waals surface area contributed by atoms with Gasteiger partial charge in [0.15, 0.2) is 0 Å². The molecule has 2 aromatic carbocycles. The van der Waals surface area contributed by atoms with Crippen LogP contribution in [0.2, 0.25) is 0 Å². The molecule has 0 aliphatic carbocycles. The maximum absolute atomic E-state index is 12.5. The van der Waals surface area contributed by atoms with Crippen LogP contribution in [0.5, 0.6) is 0 Å². The number of thioether (sulfide) groups is 1. The highest BCUT2D eigenvalue weighted by Crippen LogP contribution is 2.25. The quantitative estimate of drug-likeness (QED) is 0.423. The largest absolute Gasteiger partial charge is 0.278 e. The van der Waals surface area contributed by atoms with E-state index >= 15 is 0 Å². The van der Waals surface area contributed by atoms with Crippen molar-refractivity contribution in [3.63, 3.8) is 0 Å². The second-order valence-electron chi connectivity index (χ2n) is 5.28. The molecule has 0 atom stereocenters. The van der Waals surface area contributed by atoms with E-state index < -0.39 is 0 Å². The Balaban J connectivity index is 1.71. The van der Waals surface area contributed by atoms with Gasteiger partial charge in [-0.2, -0.15) is 4.68 Å². The molecule has 0 N–H and O–H groups in total. The zero-order valence-corrected chi connectivity index (χ0v) is 13.7. The first-order valence-electron chi connectivity index (χ1n) is 7.41. The van der Waals surface area contributed by atoms with E-state index in [0.29, 0.717) is 22.6 Å². The fourth-order valence-corrected chi connectivity index (χ4v) is 3.44. The van der Waals surface area contributed by atoms with Gasteiger partial charge in [-0.3, -0.25) is 4.79 Å². The molecule has 24 heavy (non-hydrogen) atoms. The highest BCUT2D eigenvalue weighted by molar-refractivity contribution is 7.98. The minimum Gasteiger partial charge on any atom is -0.267 e. The maximum Gasteiger partial charge on any atom is 0.278 e. The van der Waals surface area contributed by atoms with Crippen LogP contribution in [0.4, 0.5) is 0 Å². The lowest BCUT2D eigenvalue weighted by atomic mass is 10.2. The minimum absolute atomic E-state index is 0.150.